The lowest BCUT2D eigenvalue weighted by molar-refractivity contribution is 0.166. The maximum atomic E-state index is 14.4. The van der Waals surface area contributed by atoms with Gasteiger partial charge in [-0.15, -0.1) is 10.2 Å². The predicted octanol–water partition coefficient (Wildman–Crippen LogP) is 4.01. The van der Waals surface area contributed by atoms with Gasteiger partial charge >= 0.3 is 0 Å². The Labute approximate surface area is 220 Å². The van der Waals surface area contributed by atoms with Gasteiger partial charge in [-0.25, -0.2) is 12.8 Å². The number of hydrogen-bond acceptors (Lipinski definition) is 9. The molecule has 0 amide bonds. The molecule has 0 saturated heterocycles. The van der Waals surface area contributed by atoms with Gasteiger partial charge in [0.2, 0.25) is 21.8 Å². The largest absolute Gasteiger partial charge is 0.494 e. The molecule has 3 aromatic heterocycles. The number of nitrogens with zero attached hydrogens (tertiary/aromatic N) is 4. The number of para-hydroxylation sites is 1. The van der Waals surface area contributed by atoms with Gasteiger partial charge in [0.15, 0.2) is 5.76 Å². The average molecular weight is 596 g/mol. The molecule has 37 heavy (non-hydrogen) atoms. The van der Waals surface area contributed by atoms with Crippen LogP contribution in [0.2, 0.25) is 0 Å². The van der Waals surface area contributed by atoms with Crippen molar-refractivity contribution in [3.05, 3.63) is 64.3 Å². The van der Waals surface area contributed by atoms with Crippen molar-refractivity contribution >= 4 is 31.9 Å². The molecule has 0 saturated carbocycles. The Morgan fingerprint density at radius 2 is 1.84 bits per heavy atom. The number of pyridine rings is 1. The molecule has 2 N–H and O–H groups in total. The van der Waals surface area contributed by atoms with Crippen molar-refractivity contribution in [2.24, 2.45) is 0 Å². The summed E-state index contributed by atoms with van der Waals surface area (Å²) in [5.41, 5.74) is -0.117. The summed E-state index contributed by atoms with van der Waals surface area (Å²) in [4.78, 5) is 3.83. The second-order valence-electron chi connectivity index (χ2n) is 7.92. The maximum Gasteiger partial charge on any atom is 0.243 e. The van der Waals surface area contributed by atoms with Gasteiger partial charge in [0.25, 0.3) is 0 Å². The minimum absolute atomic E-state index is 0.155. The number of hydrogen-bond donors (Lipinski definition) is 2. The summed E-state index contributed by atoms with van der Waals surface area (Å²) >= 11 is 3.08. The molecule has 4 rings (SSSR count). The van der Waals surface area contributed by atoms with Gasteiger partial charge < -0.3 is 19.0 Å². The van der Waals surface area contributed by atoms with E-state index in [-0.39, 0.29) is 11.8 Å². The van der Waals surface area contributed by atoms with Gasteiger partial charge in [0, 0.05) is 10.7 Å². The standard InChI is InChI=1S/C23H23BrFN5O6S/c1-12-8-9-18(36-12)22-27-28-23(30(22)20-16(34-3)6-5-7-17(20)35-4)29-37(32,33)13(2)21(31)19-15(25)10-14(24)11-26-19/h5-11,13,21,31H,1-4H3,(H,28,29)/t13-,21+/m0/s1. The Morgan fingerprint density at radius 3 is 2.41 bits per heavy atom. The smallest absolute Gasteiger partial charge is 0.243 e. The lowest BCUT2D eigenvalue weighted by Crippen LogP contribution is -2.32. The minimum Gasteiger partial charge on any atom is -0.494 e. The van der Waals surface area contributed by atoms with E-state index in [1.807, 2.05) is 0 Å². The lowest BCUT2D eigenvalue weighted by Gasteiger charge is -2.21. The maximum absolute atomic E-state index is 14.4. The molecule has 2 atom stereocenters. The van der Waals surface area contributed by atoms with Gasteiger partial charge in [0.05, 0.1) is 14.2 Å². The first-order valence-corrected chi connectivity index (χ1v) is 13.2. The van der Waals surface area contributed by atoms with E-state index in [2.05, 4.69) is 35.8 Å². The number of halogens is 2. The van der Waals surface area contributed by atoms with Crippen molar-refractivity contribution in [2.45, 2.75) is 25.2 Å². The Hall–Kier alpha value is -3.49. The number of furan rings is 1. The lowest BCUT2D eigenvalue weighted by atomic mass is 10.2. The van der Waals surface area contributed by atoms with Gasteiger partial charge in [-0.1, -0.05) is 6.07 Å². The number of nitrogens with one attached hydrogen (secondary N) is 1. The van der Waals surface area contributed by atoms with Crippen LogP contribution in [-0.4, -0.2) is 52.7 Å². The molecule has 11 nitrogen and oxygen atoms in total. The summed E-state index contributed by atoms with van der Waals surface area (Å²) < 4.78 is 61.8. The Balaban J connectivity index is 1.82. The summed E-state index contributed by atoms with van der Waals surface area (Å²) in [6.07, 6.45) is -0.522. The zero-order chi connectivity index (χ0) is 26.9. The second kappa shape index (κ2) is 10.5. The molecular weight excluding hydrogens is 573 g/mol. The number of aromatic nitrogens is 4. The third-order valence-electron chi connectivity index (χ3n) is 5.53. The van der Waals surface area contributed by atoms with E-state index in [1.165, 1.54) is 31.9 Å². The first kappa shape index (κ1) is 26.6. The van der Waals surface area contributed by atoms with Crippen LogP contribution in [-0.2, 0) is 10.0 Å². The molecule has 0 radical (unpaired) electrons. The van der Waals surface area contributed by atoms with E-state index >= 15 is 0 Å². The Morgan fingerprint density at radius 1 is 1.16 bits per heavy atom. The molecular formula is C23H23BrFN5O6S. The molecule has 0 fully saturated rings. The number of anilines is 1. The van der Waals surface area contributed by atoms with Crippen LogP contribution < -0.4 is 14.2 Å². The zero-order valence-corrected chi connectivity index (χ0v) is 22.5. The van der Waals surface area contributed by atoms with E-state index in [0.717, 1.165) is 6.07 Å². The van der Waals surface area contributed by atoms with Crippen LogP contribution in [0.3, 0.4) is 0 Å². The van der Waals surface area contributed by atoms with Gasteiger partial charge in [-0.05, 0) is 60.1 Å². The summed E-state index contributed by atoms with van der Waals surface area (Å²) in [5, 5.41) is 17.3. The Kier molecular flexibility index (Phi) is 7.52. The summed E-state index contributed by atoms with van der Waals surface area (Å²) in [6, 6.07) is 9.47. The molecule has 14 heteroatoms. The number of ether oxygens (including phenoxy) is 2. The predicted molar refractivity (Wildman–Crippen MR) is 136 cm³/mol. The van der Waals surface area contributed by atoms with Crippen LogP contribution in [0.15, 0.2) is 51.5 Å². The fourth-order valence-electron chi connectivity index (χ4n) is 3.58. The highest BCUT2D eigenvalue weighted by Gasteiger charge is 2.34. The van der Waals surface area contributed by atoms with E-state index in [0.29, 0.717) is 33.2 Å². The average Bonchev–Trinajstić information content (AvgIpc) is 3.47. The molecule has 196 valence electrons. The number of benzene rings is 1. The van der Waals surface area contributed by atoms with Crippen molar-refractivity contribution in [2.75, 3.05) is 18.9 Å². The Bertz CT molecular complexity index is 1520. The fraction of sp³-hybridized carbons (Fsp3) is 0.261. The minimum atomic E-state index is -4.37. The third-order valence-corrected chi connectivity index (χ3v) is 7.67. The first-order valence-electron chi connectivity index (χ1n) is 10.8. The van der Waals surface area contributed by atoms with Crippen molar-refractivity contribution in [3.8, 4) is 28.8 Å². The van der Waals surface area contributed by atoms with E-state index in [1.54, 1.807) is 37.3 Å². The van der Waals surface area contributed by atoms with Crippen LogP contribution >= 0.6 is 15.9 Å². The highest BCUT2D eigenvalue weighted by Crippen LogP contribution is 2.38. The molecule has 0 aliphatic rings. The van der Waals surface area contributed by atoms with Crippen molar-refractivity contribution in [1.29, 1.82) is 0 Å². The van der Waals surface area contributed by atoms with Crippen LogP contribution in [0.25, 0.3) is 17.3 Å². The number of aryl methyl sites for hydroxylation is 1. The topological polar surface area (TPSA) is 142 Å². The first-order chi connectivity index (χ1) is 17.6. The SMILES string of the molecule is COc1cccc(OC)c1-n1c(NS(=O)(=O)[C@@H](C)[C@@H](O)c2ncc(Br)cc2F)nnc1-c1ccc(C)o1. The molecule has 0 aliphatic heterocycles. The number of rotatable bonds is 9. The quantitative estimate of drug-likeness (QED) is 0.293. The highest BCUT2D eigenvalue weighted by atomic mass is 79.9. The van der Waals surface area contributed by atoms with Gasteiger partial charge in [0.1, 0.15) is 45.8 Å². The fourth-order valence-corrected chi connectivity index (χ4v) is 4.93. The molecule has 0 aliphatic carbocycles. The van der Waals surface area contributed by atoms with Crippen LogP contribution in [0, 0.1) is 12.7 Å². The van der Waals surface area contributed by atoms with E-state index in [4.69, 9.17) is 13.9 Å². The third kappa shape index (κ3) is 5.17. The highest BCUT2D eigenvalue weighted by molar-refractivity contribution is 9.10. The molecule has 1 aromatic carbocycles. The van der Waals surface area contributed by atoms with Gasteiger partial charge in [-0.2, -0.15) is 0 Å². The normalized spacial score (nSPS) is 13.3. The number of sulfonamides is 1. The van der Waals surface area contributed by atoms with E-state index < -0.39 is 32.9 Å². The van der Waals surface area contributed by atoms with Crippen LogP contribution in [0.5, 0.6) is 11.5 Å². The summed E-state index contributed by atoms with van der Waals surface area (Å²) in [7, 11) is -1.48. The second-order valence-corrected chi connectivity index (χ2v) is 10.9. The molecule has 4 aromatic rings. The van der Waals surface area contributed by atoms with E-state index in [9.17, 15) is 17.9 Å². The van der Waals surface area contributed by atoms with Crippen molar-refractivity contribution < 1.29 is 31.8 Å². The monoisotopic (exact) mass is 595 g/mol. The zero-order valence-electron chi connectivity index (χ0n) is 20.1. The summed E-state index contributed by atoms with van der Waals surface area (Å²) in [5.74, 6) is 0.618. The number of methoxy groups -OCH3 is 2. The van der Waals surface area contributed by atoms with Crippen molar-refractivity contribution in [3.63, 3.8) is 0 Å². The van der Waals surface area contributed by atoms with Gasteiger partial charge in [-0.3, -0.25) is 14.3 Å². The number of aliphatic hydroxyl groups excluding tert-OH is 1. The van der Waals surface area contributed by atoms with Crippen LogP contribution in [0.1, 0.15) is 24.5 Å². The molecule has 0 spiro atoms. The summed E-state index contributed by atoms with van der Waals surface area (Å²) in [6.45, 7) is 2.97. The molecule has 0 bridgehead atoms. The molecule has 0 unspecified atom stereocenters. The van der Waals surface area contributed by atoms with Crippen molar-refractivity contribution in [1.82, 2.24) is 19.7 Å². The number of aliphatic hydroxyl groups is 1. The van der Waals surface area contributed by atoms with Crippen LogP contribution in [0.4, 0.5) is 10.3 Å². The molecule has 3 heterocycles.